The van der Waals surface area contributed by atoms with Gasteiger partial charge in [-0.15, -0.1) is 0 Å². The molecule has 0 amide bonds. The molecule has 0 spiro atoms. The first kappa shape index (κ1) is 12.5. The smallest absolute Gasteiger partial charge is 0.265 e. The SMILES string of the molecule is CC.COC(CN)C(F)F. The van der Waals surface area contributed by atoms with E-state index in [0.717, 1.165) is 0 Å². The van der Waals surface area contributed by atoms with Gasteiger partial charge in [0, 0.05) is 13.7 Å². The van der Waals surface area contributed by atoms with Crippen LogP contribution in [0.2, 0.25) is 0 Å². The number of hydrogen-bond acceptors (Lipinski definition) is 2. The van der Waals surface area contributed by atoms with Gasteiger partial charge in [0.1, 0.15) is 6.10 Å². The molecular weight excluding hydrogens is 140 g/mol. The third kappa shape index (κ3) is 5.91. The molecule has 0 aliphatic carbocycles. The monoisotopic (exact) mass is 155 g/mol. The van der Waals surface area contributed by atoms with Gasteiger partial charge in [0.25, 0.3) is 6.43 Å². The summed E-state index contributed by atoms with van der Waals surface area (Å²) in [6.07, 6.45) is -3.57. The van der Waals surface area contributed by atoms with Gasteiger partial charge in [-0.25, -0.2) is 8.78 Å². The van der Waals surface area contributed by atoms with Crippen molar-refractivity contribution in [1.29, 1.82) is 0 Å². The lowest BCUT2D eigenvalue weighted by molar-refractivity contribution is -0.0265. The van der Waals surface area contributed by atoms with Crippen LogP contribution in [0.25, 0.3) is 0 Å². The van der Waals surface area contributed by atoms with Crippen LogP contribution in [-0.4, -0.2) is 26.2 Å². The Kier molecular flexibility index (Phi) is 10.9. The highest BCUT2D eigenvalue weighted by atomic mass is 19.3. The van der Waals surface area contributed by atoms with E-state index < -0.39 is 12.5 Å². The topological polar surface area (TPSA) is 35.2 Å². The van der Waals surface area contributed by atoms with E-state index in [-0.39, 0.29) is 6.54 Å². The number of alkyl halides is 2. The average Bonchev–Trinajstić information content (AvgIpc) is 1.94. The Bertz CT molecular complexity index is 57.7. The fourth-order valence-corrected chi connectivity index (χ4v) is 0.302. The van der Waals surface area contributed by atoms with E-state index >= 15 is 0 Å². The molecule has 0 rings (SSSR count). The maximum absolute atomic E-state index is 11.5. The van der Waals surface area contributed by atoms with Crippen molar-refractivity contribution in [1.82, 2.24) is 0 Å². The minimum absolute atomic E-state index is 0.131. The van der Waals surface area contributed by atoms with Gasteiger partial charge in [-0.3, -0.25) is 0 Å². The highest BCUT2D eigenvalue weighted by molar-refractivity contribution is 4.58. The summed E-state index contributed by atoms with van der Waals surface area (Å²) >= 11 is 0. The summed E-state index contributed by atoms with van der Waals surface area (Å²) in [5.74, 6) is 0. The summed E-state index contributed by atoms with van der Waals surface area (Å²) in [5, 5.41) is 0. The Morgan fingerprint density at radius 1 is 1.40 bits per heavy atom. The third-order valence-corrected chi connectivity index (χ3v) is 0.816. The van der Waals surface area contributed by atoms with Crippen LogP contribution in [-0.2, 0) is 4.74 Å². The van der Waals surface area contributed by atoms with Gasteiger partial charge in [-0.2, -0.15) is 0 Å². The quantitative estimate of drug-likeness (QED) is 0.665. The van der Waals surface area contributed by atoms with Gasteiger partial charge < -0.3 is 10.5 Å². The molecule has 1 unspecified atom stereocenters. The molecule has 0 aromatic carbocycles. The predicted octanol–water partition coefficient (Wildman–Crippen LogP) is 1.25. The fraction of sp³-hybridized carbons (Fsp3) is 1.00. The van der Waals surface area contributed by atoms with Crippen LogP contribution in [0, 0.1) is 0 Å². The average molecular weight is 155 g/mol. The molecule has 0 aromatic rings. The van der Waals surface area contributed by atoms with Crippen molar-refractivity contribution in [3.8, 4) is 0 Å². The minimum Gasteiger partial charge on any atom is -0.374 e. The molecule has 4 heteroatoms. The second-order valence-corrected chi connectivity index (χ2v) is 1.34. The lowest BCUT2D eigenvalue weighted by Gasteiger charge is -2.09. The predicted molar refractivity (Wildman–Crippen MR) is 37.2 cm³/mol. The summed E-state index contributed by atoms with van der Waals surface area (Å²) in [7, 11) is 1.21. The Morgan fingerprint density at radius 2 is 1.80 bits per heavy atom. The molecule has 0 bridgehead atoms. The summed E-state index contributed by atoms with van der Waals surface area (Å²) in [5.41, 5.74) is 4.88. The second kappa shape index (κ2) is 8.78. The molecule has 0 aliphatic heterocycles. The van der Waals surface area contributed by atoms with Crippen LogP contribution in [0.1, 0.15) is 13.8 Å². The van der Waals surface area contributed by atoms with Gasteiger partial charge in [-0.1, -0.05) is 13.8 Å². The largest absolute Gasteiger partial charge is 0.374 e. The van der Waals surface area contributed by atoms with Crippen LogP contribution in [0.5, 0.6) is 0 Å². The maximum atomic E-state index is 11.5. The number of halogens is 2. The summed E-state index contributed by atoms with van der Waals surface area (Å²) in [6.45, 7) is 3.87. The van der Waals surface area contributed by atoms with E-state index in [9.17, 15) is 8.78 Å². The van der Waals surface area contributed by atoms with Crippen LogP contribution in [0.15, 0.2) is 0 Å². The van der Waals surface area contributed by atoms with Gasteiger partial charge in [0.2, 0.25) is 0 Å². The molecule has 0 radical (unpaired) electrons. The van der Waals surface area contributed by atoms with E-state index in [1.165, 1.54) is 7.11 Å². The van der Waals surface area contributed by atoms with Crippen molar-refractivity contribution in [2.45, 2.75) is 26.4 Å². The molecule has 1 atom stereocenters. The van der Waals surface area contributed by atoms with Crippen molar-refractivity contribution in [3.05, 3.63) is 0 Å². The van der Waals surface area contributed by atoms with Crippen molar-refractivity contribution in [3.63, 3.8) is 0 Å². The molecule has 2 N–H and O–H groups in total. The summed E-state index contributed by atoms with van der Waals surface area (Å²) in [4.78, 5) is 0. The highest BCUT2D eigenvalue weighted by Crippen LogP contribution is 2.01. The zero-order chi connectivity index (χ0) is 8.57. The second-order valence-electron chi connectivity index (χ2n) is 1.34. The van der Waals surface area contributed by atoms with E-state index in [0.29, 0.717) is 0 Å². The summed E-state index contributed by atoms with van der Waals surface area (Å²) < 4.78 is 27.3. The first-order chi connectivity index (χ1) is 4.72. The van der Waals surface area contributed by atoms with Gasteiger partial charge in [0.05, 0.1) is 0 Å². The van der Waals surface area contributed by atoms with Crippen molar-refractivity contribution >= 4 is 0 Å². The fourth-order valence-electron chi connectivity index (χ4n) is 0.302. The molecule has 0 saturated carbocycles. The highest BCUT2D eigenvalue weighted by Gasteiger charge is 2.16. The number of rotatable bonds is 3. The third-order valence-electron chi connectivity index (χ3n) is 0.816. The lowest BCUT2D eigenvalue weighted by Crippen LogP contribution is -2.29. The van der Waals surface area contributed by atoms with E-state index in [2.05, 4.69) is 4.74 Å². The molecule has 2 nitrogen and oxygen atoms in total. The zero-order valence-electron chi connectivity index (χ0n) is 6.60. The van der Waals surface area contributed by atoms with Crippen molar-refractivity contribution < 1.29 is 13.5 Å². The van der Waals surface area contributed by atoms with Crippen molar-refractivity contribution in [2.75, 3.05) is 13.7 Å². The van der Waals surface area contributed by atoms with Crippen LogP contribution >= 0.6 is 0 Å². The molecule has 0 fully saturated rings. The zero-order valence-corrected chi connectivity index (χ0v) is 6.60. The van der Waals surface area contributed by atoms with Crippen molar-refractivity contribution in [2.24, 2.45) is 5.73 Å². The molecule has 10 heavy (non-hydrogen) atoms. The number of nitrogens with two attached hydrogens (primary N) is 1. The number of ether oxygens (including phenoxy) is 1. The number of methoxy groups -OCH3 is 1. The van der Waals surface area contributed by atoms with Crippen LogP contribution in [0.3, 0.4) is 0 Å². The number of hydrogen-bond donors (Lipinski definition) is 1. The molecule has 0 aliphatic rings. The Morgan fingerprint density at radius 3 is 1.80 bits per heavy atom. The Labute approximate surface area is 60.4 Å². The minimum atomic E-state index is -2.47. The standard InChI is InChI=1S/C4H9F2NO.C2H6/c1-8-3(2-7)4(5)6;1-2/h3-4H,2,7H2,1H3;1-2H3. The molecule has 0 heterocycles. The van der Waals surface area contributed by atoms with Gasteiger partial charge >= 0.3 is 0 Å². The maximum Gasteiger partial charge on any atom is 0.265 e. The van der Waals surface area contributed by atoms with E-state index in [4.69, 9.17) is 5.73 Å². The normalized spacial score (nSPS) is 12.3. The van der Waals surface area contributed by atoms with Gasteiger partial charge in [-0.05, 0) is 0 Å². The van der Waals surface area contributed by atoms with Gasteiger partial charge in [0.15, 0.2) is 0 Å². The lowest BCUT2D eigenvalue weighted by atomic mass is 10.4. The molecule has 0 aromatic heterocycles. The molecule has 64 valence electrons. The first-order valence-corrected chi connectivity index (χ1v) is 3.23. The van der Waals surface area contributed by atoms with E-state index in [1.807, 2.05) is 13.8 Å². The molecule has 0 saturated heterocycles. The van der Waals surface area contributed by atoms with Crippen LogP contribution < -0.4 is 5.73 Å². The van der Waals surface area contributed by atoms with E-state index in [1.54, 1.807) is 0 Å². The Hall–Kier alpha value is -0.220. The first-order valence-electron chi connectivity index (χ1n) is 3.23. The Balaban J connectivity index is 0. The summed E-state index contributed by atoms with van der Waals surface area (Å²) in [6, 6.07) is 0. The van der Waals surface area contributed by atoms with Crippen LogP contribution in [0.4, 0.5) is 8.78 Å². The molecular formula is C6H15F2NO.